The Morgan fingerprint density at radius 2 is 1.17 bits per heavy atom. The molecule has 0 N–H and O–H groups in total. The van der Waals surface area contributed by atoms with E-state index in [2.05, 4.69) is 41.5 Å². The Morgan fingerprint density at radius 1 is 0.917 bits per heavy atom. The van der Waals surface area contributed by atoms with Gasteiger partial charge in [0.15, 0.2) is 0 Å². The first kappa shape index (κ1) is 23.2. The maximum atomic E-state index is 3.92. The van der Waals surface area contributed by atoms with E-state index in [0.29, 0.717) is 10.8 Å². The van der Waals surface area contributed by atoms with E-state index in [0.717, 1.165) is 6.42 Å². The van der Waals surface area contributed by atoms with Gasteiger partial charge in [0, 0.05) is 32.7 Å². The average molecular weight is 248 g/mol. The summed E-state index contributed by atoms with van der Waals surface area (Å²) in [6.45, 7) is 15.2. The standard InChI is InChI=1S/C9H19.2CH4.Y/c1-7-9(5,6)8(2,3)4;;;/h1,7H2,2-6H3;2*1H4;/q-1;;;. The van der Waals surface area contributed by atoms with Gasteiger partial charge in [0.05, 0.1) is 0 Å². The van der Waals surface area contributed by atoms with E-state index >= 15 is 0 Å². The molecule has 0 unspecified atom stereocenters. The molecule has 0 fully saturated rings. The summed E-state index contributed by atoms with van der Waals surface area (Å²) in [7, 11) is 0. The maximum Gasteiger partial charge on any atom is 0 e. The van der Waals surface area contributed by atoms with Crippen LogP contribution in [-0.2, 0) is 32.7 Å². The fourth-order valence-corrected chi connectivity index (χ4v) is 0.375. The van der Waals surface area contributed by atoms with E-state index in [9.17, 15) is 0 Å². The van der Waals surface area contributed by atoms with Gasteiger partial charge in [-0.3, -0.25) is 0 Å². The normalized spacial score (nSPS) is 10.5. The van der Waals surface area contributed by atoms with Crippen molar-refractivity contribution in [1.29, 1.82) is 0 Å². The first-order chi connectivity index (χ1) is 3.81. The van der Waals surface area contributed by atoms with Crippen LogP contribution in [0.2, 0.25) is 0 Å². The molecule has 0 saturated carbocycles. The van der Waals surface area contributed by atoms with Gasteiger partial charge in [-0.2, -0.15) is 6.42 Å². The van der Waals surface area contributed by atoms with Crippen LogP contribution in [0, 0.1) is 17.8 Å². The molecule has 0 aromatic rings. The van der Waals surface area contributed by atoms with Gasteiger partial charge in [-0.05, 0) is 5.41 Å². The predicted molar refractivity (Wildman–Crippen MR) is 56.7 cm³/mol. The third-order valence-electron chi connectivity index (χ3n) is 2.66. The number of hydrogen-bond donors (Lipinski definition) is 0. The maximum absolute atomic E-state index is 3.92. The van der Waals surface area contributed by atoms with Crippen molar-refractivity contribution < 1.29 is 32.7 Å². The van der Waals surface area contributed by atoms with E-state index < -0.39 is 0 Å². The Balaban J connectivity index is -0.000000107. The van der Waals surface area contributed by atoms with Crippen molar-refractivity contribution in [1.82, 2.24) is 0 Å². The molecule has 0 saturated heterocycles. The van der Waals surface area contributed by atoms with Crippen molar-refractivity contribution in [3.63, 3.8) is 0 Å². The smallest absolute Gasteiger partial charge is 0 e. The third kappa shape index (κ3) is 6.60. The van der Waals surface area contributed by atoms with E-state index in [1.807, 2.05) is 0 Å². The van der Waals surface area contributed by atoms with Crippen molar-refractivity contribution in [2.75, 3.05) is 0 Å². The van der Waals surface area contributed by atoms with Crippen molar-refractivity contribution in [3.8, 4) is 0 Å². The molecule has 0 aliphatic rings. The summed E-state index contributed by atoms with van der Waals surface area (Å²) in [6, 6.07) is 0. The fraction of sp³-hybridized carbons (Fsp3) is 0.909. The molecule has 0 bridgehead atoms. The van der Waals surface area contributed by atoms with Crippen molar-refractivity contribution in [2.24, 2.45) is 10.8 Å². The average Bonchev–Trinajstić information content (AvgIpc) is 1.64. The van der Waals surface area contributed by atoms with Crippen LogP contribution in [0.3, 0.4) is 0 Å². The minimum absolute atomic E-state index is 0. The molecule has 0 aromatic carbocycles. The fourth-order valence-electron chi connectivity index (χ4n) is 0.375. The third-order valence-corrected chi connectivity index (χ3v) is 2.66. The minimum Gasteiger partial charge on any atom is -0.343 e. The van der Waals surface area contributed by atoms with Crippen LogP contribution in [0.4, 0.5) is 0 Å². The molecule has 0 spiro atoms. The first-order valence-corrected chi connectivity index (χ1v) is 3.60. The van der Waals surface area contributed by atoms with E-state index in [-0.39, 0.29) is 47.6 Å². The molecular weight excluding hydrogens is 221 g/mol. The van der Waals surface area contributed by atoms with Gasteiger partial charge >= 0.3 is 0 Å². The summed E-state index contributed by atoms with van der Waals surface area (Å²) < 4.78 is 0. The molecule has 0 nitrogen and oxygen atoms in total. The van der Waals surface area contributed by atoms with Gasteiger partial charge < -0.3 is 6.92 Å². The Kier molecular flexibility index (Phi) is 14.5. The zero-order valence-corrected chi connectivity index (χ0v) is 10.8. The molecule has 1 radical (unpaired) electrons. The van der Waals surface area contributed by atoms with Gasteiger partial charge in [0.25, 0.3) is 0 Å². The van der Waals surface area contributed by atoms with Crippen LogP contribution in [0.25, 0.3) is 0 Å². The zero-order valence-electron chi connectivity index (χ0n) is 7.99. The van der Waals surface area contributed by atoms with E-state index in [1.165, 1.54) is 0 Å². The minimum atomic E-state index is 0. The monoisotopic (exact) mass is 248 g/mol. The van der Waals surface area contributed by atoms with Crippen LogP contribution in [0.1, 0.15) is 55.9 Å². The summed E-state index contributed by atoms with van der Waals surface area (Å²) in [5.74, 6) is 0. The second kappa shape index (κ2) is 7.50. The van der Waals surface area contributed by atoms with E-state index in [4.69, 9.17) is 0 Å². The molecule has 0 aliphatic heterocycles. The molecule has 0 aliphatic carbocycles. The summed E-state index contributed by atoms with van der Waals surface area (Å²) in [6.07, 6.45) is 1.01. The summed E-state index contributed by atoms with van der Waals surface area (Å²) in [5, 5.41) is 0. The van der Waals surface area contributed by atoms with Crippen LogP contribution in [-0.4, -0.2) is 0 Å². The van der Waals surface area contributed by atoms with Gasteiger partial charge in [0.2, 0.25) is 0 Å². The van der Waals surface area contributed by atoms with Gasteiger partial charge in [-0.25, -0.2) is 0 Å². The van der Waals surface area contributed by atoms with Crippen LogP contribution in [0.15, 0.2) is 0 Å². The Labute approximate surface area is 106 Å². The molecule has 0 amide bonds. The Bertz CT molecular complexity index is 87.7. The Hall–Kier alpha value is 1.10. The van der Waals surface area contributed by atoms with Crippen molar-refractivity contribution >= 4 is 0 Å². The van der Waals surface area contributed by atoms with Crippen LogP contribution in [0.5, 0.6) is 0 Å². The molecular formula is C11H27Y-. The van der Waals surface area contributed by atoms with Gasteiger partial charge in [0.1, 0.15) is 0 Å². The summed E-state index contributed by atoms with van der Waals surface area (Å²) >= 11 is 0. The quantitative estimate of drug-likeness (QED) is 0.597. The van der Waals surface area contributed by atoms with Gasteiger partial charge in [-0.1, -0.05) is 54.9 Å². The SMILES string of the molecule is C.C.[CH2-]CC(C)(C)C(C)(C)C.[Y]. The molecule has 75 valence electrons. The summed E-state index contributed by atoms with van der Waals surface area (Å²) in [4.78, 5) is 0. The number of rotatable bonds is 1. The topological polar surface area (TPSA) is 0 Å². The predicted octanol–water partition coefficient (Wildman–Crippen LogP) is 4.55. The van der Waals surface area contributed by atoms with Crippen LogP contribution >= 0.6 is 0 Å². The molecule has 0 aromatic heterocycles. The summed E-state index contributed by atoms with van der Waals surface area (Å²) in [5.41, 5.74) is 0.752. The molecule has 0 atom stereocenters. The number of hydrogen-bond acceptors (Lipinski definition) is 0. The Morgan fingerprint density at radius 3 is 1.17 bits per heavy atom. The molecule has 0 heterocycles. The molecule has 1 heteroatoms. The van der Waals surface area contributed by atoms with Crippen molar-refractivity contribution in [3.05, 3.63) is 6.92 Å². The largest absolute Gasteiger partial charge is 0.343 e. The van der Waals surface area contributed by atoms with Crippen molar-refractivity contribution in [2.45, 2.75) is 55.9 Å². The van der Waals surface area contributed by atoms with E-state index in [1.54, 1.807) is 0 Å². The van der Waals surface area contributed by atoms with Crippen LogP contribution < -0.4 is 0 Å². The zero-order chi connectivity index (χ0) is 7.71. The second-order valence-corrected chi connectivity index (χ2v) is 4.38. The van der Waals surface area contributed by atoms with Gasteiger partial charge in [-0.15, -0.1) is 0 Å². The molecule has 12 heavy (non-hydrogen) atoms. The second-order valence-electron chi connectivity index (χ2n) is 4.38. The molecule has 0 rings (SSSR count). The first-order valence-electron chi connectivity index (χ1n) is 3.60.